The van der Waals surface area contributed by atoms with Crippen LogP contribution < -0.4 is 5.73 Å². The summed E-state index contributed by atoms with van der Waals surface area (Å²) in [5, 5.41) is 0. The maximum atomic E-state index is 5.98. The summed E-state index contributed by atoms with van der Waals surface area (Å²) in [5.74, 6) is 0.824. The molecule has 2 rings (SSSR count). The summed E-state index contributed by atoms with van der Waals surface area (Å²) in [6, 6.07) is 0.696. The predicted molar refractivity (Wildman–Crippen MR) is 61.8 cm³/mol. The van der Waals surface area contributed by atoms with E-state index in [2.05, 4.69) is 18.7 Å². The molecule has 0 aromatic heterocycles. The van der Waals surface area contributed by atoms with E-state index >= 15 is 0 Å². The zero-order valence-corrected chi connectivity index (χ0v) is 10.2. The molecule has 0 aromatic carbocycles. The number of nitrogens with two attached hydrogens (primary N) is 1. The fraction of sp³-hybridized carbons (Fsp3) is 1.00. The number of hydrogen-bond acceptors (Lipinski definition) is 3. The van der Waals surface area contributed by atoms with Crippen molar-refractivity contribution in [2.75, 3.05) is 20.2 Å². The van der Waals surface area contributed by atoms with Crippen LogP contribution in [0.2, 0.25) is 0 Å². The lowest BCUT2D eigenvalue weighted by molar-refractivity contribution is -0.0905. The second-order valence-corrected chi connectivity index (χ2v) is 5.54. The van der Waals surface area contributed by atoms with Gasteiger partial charge in [-0.2, -0.15) is 0 Å². The Morgan fingerprint density at radius 1 is 1.40 bits per heavy atom. The average Bonchev–Trinajstić information content (AvgIpc) is 2.46. The summed E-state index contributed by atoms with van der Waals surface area (Å²) in [4.78, 5) is 2.63. The first kappa shape index (κ1) is 11.4. The standard InChI is InChI=1S/C12H24N2O/c1-9-4-10(2)14(7-9)12(8-13)5-11(6-12)15-3/h9-11H,4-8,13H2,1-3H3. The Morgan fingerprint density at radius 2 is 2.07 bits per heavy atom. The molecule has 2 atom stereocenters. The van der Waals surface area contributed by atoms with Gasteiger partial charge in [0, 0.05) is 31.8 Å². The minimum absolute atomic E-state index is 0.255. The Balaban J connectivity index is 2.02. The fourth-order valence-corrected chi connectivity index (χ4v) is 3.43. The third kappa shape index (κ3) is 1.81. The number of ether oxygens (including phenoxy) is 1. The van der Waals surface area contributed by atoms with Crippen molar-refractivity contribution in [3.8, 4) is 0 Å². The highest BCUT2D eigenvalue weighted by Crippen LogP contribution is 2.43. The Morgan fingerprint density at radius 3 is 2.47 bits per heavy atom. The van der Waals surface area contributed by atoms with Gasteiger partial charge in [0.05, 0.1) is 6.10 Å². The first-order valence-electron chi connectivity index (χ1n) is 6.11. The molecule has 1 heterocycles. The summed E-state index contributed by atoms with van der Waals surface area (Å²) >= 11 is 0. The summed E-state index contributed by atoms with van der Waals surface area (Å²) in [6.07, 6.45) is 4.00. The highest BCUT2D eigenvalue weighted by atomic mass is 16.5. The van der Waals surface area contributed by atoms with Crippen LogP contribution in [-0.4, -0.2) is 42.8 Å². The summed E-state index contributed by atoms with van der Waals surface area (Å²) < 4.78 is 5.38. The van der Waals surface area contributed by atoms with Gasteiger partial charge >= 0.3 is 0 Å². The van der Waals surface area contributed by atoms with Gasteiger partial charge in [-0.25, -0.2) is 0 Å². The van der Waals surface area contributed by atoms with Crippen LogP contribution in [-0.2, 0) is 4.74 Å². The second kappa shape index (κ2) is 4.04. The molecule has 15 heavy (non-hydrogen) atoms. The van der Waals surface area contributed by atoms with Crippen LogP contribution in [0.15, 0.2) is 0 Å². The van der Waals surface area contributed by atoms with Gasteiger partial charge in [0.2, 0.25) is 0 Å². The van der Waals surface area contributed by atoms with Gasteiger partial charge in [0.1, 0.15) is 0 Å². The van der Waals surface area contributed by atoms with Crippen molar-refractivity contribution in [1.29, 1.82) is 0 Å². The SMILES string of the molecule is COC1CC(CN)(N2CC(C)CC2C)C1. The molecule has 1 saturated carbocycles. The van der Waals surface area contributed by atoms with E-state index in [1.807, 2.05) is 0 Å². The quantitative estimate of drug-likeness (QED) is 0.764. The van der Waals surface area contributed by atoms with Crippen LogP contribution in [0.3, 0.4) is 0 Å². The molecule has 3 heteroatoms. The van der Waals surface area contributed by atoms with E-state index in [9.17, 15) is 0 Å². The molecular weight excluding hydrogens is 188 g/mol. The van der Waals surface area contributed by atoms with Crippen LogP contribution >= 0.6 is 0 Å². The van der Waals surface area contributed by atoms with Crippen molar-refractivity contribution in [1.82, 2.24) is 4.90 Å². The Hall–Kier alpha value is -0.120. The predicted octanol–water partition coefficient (Wildman–Crippen LogP) is 1.22. The smallest absolute Gasteiger partial charge is 0.0607 e. The van der Waals surface area contributed by atoms with Crippen molar-refractivity contribution in [2.45, 2.75) is 50.8 Å². The van der Waals surface area contributed by atoms with Gasteiger partial charge in [-0.1, -0.05) is 6.92 Å². The molecule has 2 fully saturated rings. The fourth-order valence-electron chi connectivity index (χ4n) is 3.43. The molecule has 88 valence electrons. The summed E-state index contributed by atoms with van der Waals surface area (Å²) in [5.41, 5.74) is 6.23. The Kier molecular flexibility index (Phi) is 3.06. The molecule has 0 spiro atoms. The number of likely N-dealkylation sites (tertiary alicyclic amines) is 1. The third-order valence-electron chi connectivity index (χ3n) is 4.32. The van der Waals surface area contributed by atoms with Crippen LogP contribution in [0.4, 0.5) is 0 Å². The lowest BCUT2D eigenvalue weighted by atomic mass is 9.72. The van der Waals surface area contributed by atoms with Crippen LogP contribution in [0.25, 0.3) is 0 Å². The van der Waals surface area contributed by atoms with Gasteiger partial charge in [-0.15, -0.1) is 0 Å². The number of hydrogen-bond donors (Lipinski definition) is 1. The number of rotatable bonds is 3. The molecule has 1 aliphatic carbocycles. The zero-order valence-electron chi connectivity index (χ0n) is 10.2. The van der Waals surface area contributed by atoms with Crippen molar-refractivity contribution < 1.29 is 4.74 Å². The van der Waals surface area contributed by atoms with Gasteiger partial charge in [0.15, 0.2) is 0 Å². The van der Waals surface area contributed by atoms with E-state index in [-0.39, 0.29) is 5.54 Å². The summed E-state index contributed by atoms with van der Waals surface area (Å²) in [7, 11) is 1.81. The van der Waals surface area contributed by atoms with Crippen LogP contribution in [0, 0.1) is 5.92 Å². The molecule has 3 nitrogen and oxygen atoms in total. The molecule has 2 unspecified atom stereocenters. The number of nitrogens with zero attached hydrogens (tertiary/aromatic N) is 1. The largest absolute Gasteiger partial charge is 0.381 e. The normalized spacial score (nSPS) is 46.8. The topological polar surface area (TPSA) is 38.5 Å². The highest BCUT2D eigenvalue weighted by molar-refractivity contribution is 5.07. The molecule has 2 N–H and O–H groups in total. The van der Waals surface area contributed by atoms with E-state index in [4.69, 9.17) is 10.5 Å². The van der Waals surface area contributed by atoms with Gasteiger partial charge in [-0.05, 0) is 32.1 Å². The molecule has 1 aliphatic heterocycles. The lowest BCUT2D eigenvalue weighted by Crippen LogP contribution is -2.64. The van der Waals surface area contributed by atoms with Crippen molar-refractivity contribution in [3.05, 3.63) is 0 Å². The first-order chi connectivity index (χ1) is 7.11. The minimum atomic E-state index is 0.255. The van der Waals surface area contributed by atoms with Gasteiger partial charge in [-0.3, -0.25) is 4.90 Å². The van der Waals surface area contributed by atoms with Crippen molar-refractivity contribution in [3.63, 3.8) is 0 Å². The van der Waals surface area contributed by atoms with Gasteiger partial charge in [0.25, 0.3) is 0 Å². The molecule has 0 bridgehead atoms. The molecule has 0 aromatic rings. The second-order valence-electron chi connectivity index (χ2n) is 5.54. The van der Waals surface area contributed by atoms with Gasteiger partial charge < -0.3 is 10.5 Å². The molecule has 0 radical (unpaired) electrons. The Labute approximate surface area is 93.0 Å². The molecule has 2 aliphatic rings. The zero-order chi connectivity index (χ0) is 11.1. The third-order valence-corrected chi connectivity index (χ3v) is 4.32. The van der Waals surface area contributed by atoms with Crippen molar-refractivity contribution in [2.24, 2.45) is 11.7 Å². The molecule has 1 saturated heterocycles. The molecular formula is C12H24N2O. The van der Waals surface area contributed by atoms with Crippen molar-refractivity contribution >= 4 is 0 Å². The molecule has 0 amide bonds. The van der Waals surface area contributed by atoms with E-state index in [0.717, 1.165) is 25.3 Å². The average molecular weight is 212 g/mol. The first-order valence-corrected chi connectivity index (χ1v) is 6.11. The van der Waals surface area contributed by atoms with E-state index in [0.29, 0.717) is 12.1 Å². The monoisotopic (exact) mass is 212 g/mol. The van der Waals surface area contributed by atoms with E-state index in [1.54, 1.807) is 7.11 Å². The van der Waals surface area contributed by atoms with Crippen LogP contribution in [0.5, 0.6) is 0 Å². The van der Waals surface area contributed by atoms with Crippen LogP contribution in [0.1, 0.15) is 33.1 Å². The number of methoxy groups -OCH3 is 1. The maximum absolute atomic E-state index is 5.98. The maximum Gasteiger partial charge on any atom is 0.0607 e. The van der Waals surface area contributed by atoms with E-state index < -0.39 is 0 Å². The Bertz CT molecular complexity index is 226. The van der Waals surface area contributed by atoms with E-state index in [1.165, 1.54) is 13.0 Å². The summed E-state index contributed by atoms with van der Waals surface area (Å²) in [6.45, 7) is 6.67. The minimum Gasteiger partial charge on any atom is -0.381 e. The highest BCUT2D eigenvalue weighted by Gasteiger charge is 2.51. The lowest BCUT2D eigenvalue weighted by Gasteiger charge is -2.53.